The minimum atomic E-state index is -0.661. The summed E-state index contributed by atoms with van der Waals surface area (Å²) in [6.07, 6.45) is 0. The molecule has 2 aromatic carbocycles. The third-order valence-electron chi connectivity index (χ3n) is 3.72. The number of nitrogens with zero attached hydrogens (tertiary/aromatic N) is 2. The van der Waals surface area contributed by atoms with Crippen molar-refractivity contribution in [1.29, 1.82) is 0 Å². The van der Waals surface area contributed by atoms with Gasteiger partial charge in [0, 0.05) is 25.2 Å². The molecule has 0 aliphatic heterocycles. The van der Waals surface area contributed by atoms with Crippen molar-refractivity contribution in [2.75, 3.05) is 20.8 Å². The number of ether oxygens (including phenoxy) is 2. The van der Waals surface area contributed by atoms with Crippen LogP contribution in [-0.2, 0) is 6.54 Å². The summed E-state index contributed by atoms with van der Waals surface area (Å²) in [6.45, 7) is 1.98. The molecule has 0 bridgehead atoms. The van der Waals surface area contributed by atoms with Crippen LogP contribution in [0.3, 0.4) is 0 Å². The first-order chi connectivity index (χ1) is 12.4. The van der Waals surface area contributed by atoms with Gasteiger partial charge < -0.3 is 14.4 Å². The van der Waals surface area contributed by atoms with Crippen molar-refractivity contribution < 1.29 is 23.6 Å². The molecular weight excluding hydrogens is 343 g/mol. The van der Waals surface area contributed by atoms with Crippen molar-refractivity contribution in [3.05, 3.63) is 63.5 Å². The Hall–Kier alpha value is -3.16. The standard InChI is InChI=1S/C18H19FN2O5/c1-4-26-17-10-15(21(23)24)13(9-16(17)25-3)18(22)20(2)11-12-7-5-6-8-14(12)19/h5-10H,4,11H2,1-3H3. The molecule has 0 spiro atoms. The van der Waals surface area contributed by atoms with E-state index < -0.39 is 22.3 Å². The number of halogens is 1. The number of methoxy groups -OCH3 is 1. The van der Waals surface area contributed by atoms with Gasteiger partial charge in [0.25, 0.3) is 11.6 Å². The molecule has 26 heavy (non-hydrogen) atoms. The second-order valence-corrected chi connectivity index (χ2v) is 5.46. The minimum absolute atomic E-state index is 0.0296. The van der Waals surface area contributed by atoms with Gasteiger partial charge in [-0.1, -0.05) is 18.2 Å². The summed E-state index contributed by atoms with van der Waals surface area (Å²) in [5, 5.41) is 11.4. The summed E-state index contributed by atoms with van der Waals surface area (Å²) in [5.74, 6) is -0.692. The minimum Gasteiger partial charge on any atom is -0.493 e. The summed E-state index contributed by atoms with van der Waals surface area (Å²) >= 11 is 0. The van der Waals surface area contributed by atoms with Crippen LogP contribution in [0.5, 0.6) is 11.5 Å². The number of benzene rings is 2. The van der Waals surface area contributed by atoms with E-state index in [0.29, 0.717) is 5.56 Å². The van der Waals surface area contributed by atoms with Crippen LogP contribution in [-0.4, -0.2) is 36.5 Å². The predicted octanol–water partition coefficient (Wildman–Crippen LogP) is 3.41. The van der Waals surface area contributed by atoms with Gasteiger partial charge in [-0.25, -0.2) is 4.39 Å². The van der Waals surface area contributed by atoms with Gasteiger partial charge in [0.2, 0.25) is 0 Å². The Morgan fingerprint density at radius 2 is 1.96 bits per heavy atom. The average Bonchev–Trinajstić information content (AvgIpc) is 2.62. The fourth-order valence-electron chi connectivity index (χ4n) is 2.46. The number of nitro benzene ring substituents is 1. The molecule has 0 aliphatic carbocycles. The van der Waals surface area contributed by atoms with Gasteiger partial charge in [-0.3, -0.25) is 14.9 Å². The zero-order valence-corrected chi connectivity index (χ0v) is 14.7. The number of hydrogen-bond acceptors (Lipinski definition) is 5. The molecule has 0 heterocycles. The van der Waals surface area contributed by atoms with Gasteiger partial charge in [-0.05, 0) is 13.0 Å². The van der Waals surface area contributed by atoms with Crippen molar-refractivity contribution >= 4 is 11.6 Å². The van der Waals surface area contributed by atoms with Crippen LogP contribution in [0.15, 0.2) is 36.4 Å². The first-order valence-corrected chi connectivity index (χ1v) is 7.87. The molecule has 2 rings (SSSR count). The highest BCUT2D eigenvalue weighted by Gasteiger charge is 2.27. The second-order valence-electron chi connectivity index (χ2n) is 5.46. The number of carbonyl (C=O) groups excluding carboxylic acids is 1. The van der Waals surface area contributed by atoms with E-state index in [2.05, 4.69) is 0 Å². The molecule has 138 valence electrons. The molecule has 2 aromatic rings. The van der Waals surface area contributed by atoms with Crippen LogP contribution >= 0.6 is 0 Å². The highest BCUT2D eigenvalue weighted by atomic mass is 19.1. The van der Waals surface area contributed by atoms with Crippen LogP contribution in [0.25, 0.3) is 0 Å². The smallest absolute Gasteiger partial charge is 0.286 e. The molecule has 1 amide bonds. The van der Waals surface area contributed by atoms with Crippen molar-refractivity contribution in [3.63, 3.8) is 0 Å². The summed E-state index contributed by atoms with van der Waals surface area (Å²) in [7, 11) is 2.82. The van der Waals surface area contributed by atoms with Gasteiger partial charge >= 0.3 is 0 Å². The lowest BCUT2D eigenvalue weighted by molar-refractivity contribution is -0.385. The Morgan fingerprint density at radius 1 is 1.27 bits per heavy atom. The van der Waals surface area contributed by atoms with E-state index in [4.69, 9.17) is 9.47 Å². The van der Waals surface area contributed by atoms with E-state index in [9.17, 15) is 19.3 Å². The largest absolute Gasteiger partial charge is 0.493 e. The normalized spacial score (nSPS) is 10.3. The van der Waals surface area contributed by atoms with Gasteiger partial charge in [0.1, 0.15) is 11.4 Å². The Labute approximate surface area is 150 Å². The van der Waals surface area contributed by atoms with Gasteiger partial charge in [-0.15, -0.1) is 0 Å². The lowest BCUT2D eigenvalue weighted by Crippen LogP contribution is -2.27. The average molecular weight is 362 g/mol. The van der Waals surface area contributed by atoms with Crippen molar-refractivity contribution in [2.45, 2.75) is 13.5 Å². The third-order valence-corrected chi connectivity index (χ3v) is 3.72. The zero-order chi connectivity index (χ0) is 19.3. The Balaban J connectivity index is 2.40. The Bertz CT molecular complexity index is 825. The maximum Gasteiger partial charge on any atom is 0.286 e. The Kier molecular flexibility index (Phi) is 6.11. The fraction of sp³-hybridized carbons (Fsp3) is 0.278. The first-order valence-electron chi connectivity index (χ1n) is 7.87. The highest BCUT2D eigenvalue weighted by Crippen LogP contribution is 2.35. The van der Waals surface area contributed by atoms with Crippen molar-refractivity contribution in [3.8, 4) is 11.5 Å². The third kappa shape index (κ3) is 4.08. The Morgan fingerprint density at radius 3 is 2.54 bits per heavy atom. The van der Waals surface area contributed by atoms with E-state index in [-0.39, 0.29) is 30.2 Å². The molecule has 0 fully saturated rings. The number of amides is 1. The van der Waals surface area contributed by atoms with E-state index in [1.54, 1.807) is 25.1 Å². The van der Waals surface area contributed by atoms with E-state index in [1.165, 1.54) is 31.2 Å². The molecule has 0 N–H and O–H groups in total. The number of nitro groups is 1. The first kappa shape index (κ1) is 19.2. The molecule has 0 unspecified atom stereocenters. The molecule has 7 nitrogen and oxygen atoms in total. The molecule has 0 aromatic heterocycles. The maximum absolute atomic E-state index is 13.8. The van der Waals surface area contributed by atoms with Crippen molar-refractivity contribution in [2.24, 2.45) is 0 Å². The summed E-state index contributed by atoms with van der Waals surface area (Å²) in [4.78, 5) is 24.7. The van der Waals surface area contributed by atoms with Gasteiger partial charge in [0.05, 0.1) is 24.7 Å². The van der Waals surface area contributed by atoms with E-state index in [1.807, 2.05) is 0 Å². The zero-order valence-electron chi connectivity index (χ0n) is 14.7. The van der Waals surface area contributed by atoms with Crippen LogP contribution < -0.4 is 9.47 Å². The monoisotopic (exact) mass is 362 g/mol. The lowest BCUT2D eigenvalue weighted by atomic mass is 10.1. The molecule has 0 saturated carbocycles. The topological polar surface area (TPSA) is 81.9 Å². The van der Waals surface area contributed by atoms with Crippen molar-refractivity contribution in [1.82, 2.24) is 4.90 Å². The quantitative estimate of drug-likeness (QED) is 0.557. The molecule has 0 aliphatic rings. The van der Waals surface area contributed by atoms with Crippen LogP contribution in [0.4, 0.5) is 10.1 Å². The summed E-state index contributed by atoms with van der Waals surface area (Å²) in [6, 6.07) is 8.46. The van der Waals surface area contributed by atoms with E-state index in [0.717, 1.165) is 6.07 Å². The molecule has 0 radical (unpaired) electrons. The second kappa shape index (κ2) is 8.28. The van der Waals surface area contributed by atoms with Crippen LogP contribution in [0, 0.1) is 15.9 Å². The van der Waals surface area contributed by atoms with E-state index >= 15 is 0 Å². The fourth-order valence-corrected chi connectivity index (χ4v) is 2.46. The molecule has 8 heteroatoms. The predicted molar refractivity (Wildman–Crippen MR) is 93.0 cm³/mol. The highest BCUT2D eigenvalue weighted by molar-refractivity contribution is 5.99. The van der Waals surface area contributed by atoms with Gasteiger partial charge in [-0.2, -0.15) is 0 Å². The SMILES string of the molecule is CCOc1cc([N+](=O)[O-])c(C(=O)N(C)Cc2ccccc2F)cc1OC. The lowest BCUT2D eigenvalue weighted by Gasteiger charge is -2.19. The van der Waals surface area contributed by atoms with Crippen LogP contribution in [0.2, 0.25) is 0 Å². The molecular formula is C18H19FN2O5. The molecule has 0 saturated heterocycles. The molecule has 0 atom stereocenters. The van der Waals surface area contributed by atoms with Gasteiger partial charge in [0.15, 0.2) is 11.5 Å². The summed E-state index contributed by atoms with van der Waals surface area (Å²) in [5.41, 5.74) is -0.252. The van der Waals surface area contributed by atoms with Crippen LogP contribution in [0.1, 0.15) is 22.8 Å². The number of carbonyl (C=O) groups is 1. The number of rotatable bonds is 7. The number of hydrogen-bond donors (Lipinski definition) is 0. The maximum atomic E-state index is 13.8. The summed E-state index contributed by atoms with van der Waals surface area (Å²) < 4.78 is 24.3.